The zero-order chi connectivity index (χ0) is 21.8. The molecule has 0 spiro atoms. The first-order valence-corrected chi connectivity index (χ1v) is 9.60. The SMILES string of the molecule is N#Cc1cccc(C(CCn2ccnc2-c2[nH]ncc(=O)c2O)c2cccc(F)c2)c1. The maximum atomic E-state index is 13.9. The van der Waals surface area contributed by atoms with Crippen LogP contribution in [0.2, 0.25) is 0 Å². The summed E-state index contributed by atoms with van der Waals surface area (Å²) in [7, 11) is 0. The molecule has 4 aromatic rings. The van der Waals surface area contributed by atoms with Crippen molar-refractivity contribution in [1.82, 2.24) is 19.7 Å². The third-order valence-electron chi connectivity index (χ3n) is 5.10. The molecule has 2 aromatic carbocycles. The first kappa shape index (κ1) is 20.0. The Kier molecular flexibility index (Phi) is 5.58. The van der Waals surface area contributed by atoms with E-state index < -0.39 is 11.2 Å². The number of benzene rings is 2. The van der Waals surface area contributed by atoms with Crippen LogP contribution in [0, 0.1) is 17.1 Å². The van der Waals surface area contributed by atoms with Crippen molar-refractivity contribution in [2.45, 2.75) is 18.9 Å². The summed E-state index contributed by atoms with van der Waals surface area (Å²) < 4.78 is 15.7. The van der Waals surface area contributed by atoms with Gasteiger partial charge < -0.3 is 9.67 Å². The molecule has 0 saturated heterocycles. The van der Waals surface area contributed by atoms with E-state index in [1.165, 1.54) is 12.1 Å². The second kappa shape index (κ2) is 8.63. The van der Waals surface area contributed by atoms with Crippen LogP contribution in [0.4, 0.5) is 4.39 Å². The van der Waals surface area contributed by atoms with Gasteiger partial charge in [0, 0.05) is 24.9 Å². The fourth-order valence-electron chi connectivity index (χ4n) is 3.61. The molecular weight excluding hydrogens is 397 g/mol. The van der Waals surface area contributed by atoms with Crippen molar-refractivity contribution in [3.8, 4) is 23.3 Å². The Bertz CT molecular complexity index is 1320. The van der Waals surface area contributed by atoms with Crippen LogP contribution in [0.15, 0.2) is 71.9 Å². The van der Waals surface area contributed by atoms with Gasteiger partial charge in [-0.1, -0.05) is 24.3 Å². The van der Waals surface area contributed by atoms with Crippen molar-refractivity contribution in [3.63, 3.8) is 0 Å². The molecule has 0 amide bonds. The Morgan fingerprint density at radius 2 is 1.97 bits per heavy atom. The molecular formula is C23H18FN5O2. The molecule has 0 fully saturated rings. The largest absolute Gasteiger partial charge is 0.503 e. The average molecular weight is 415 g/mol. The smallest absolute Gasteiger partial charge is 0.242 e. The van der Waals surface area contributed by atoms with Crippen molar-refractivity contribution in [2.75, 3.05) is 0 Å². The highest BCUT2D eigenvalue weighted by atomic mass is 19.1. The topological polar surface area (TPSA) is 108 Å². The summed E-state index contributed by atoms with van der Waals surface area (Å²) in [5.41, 5.74) is 1.74. The van der Waals surface area contributed by atoms with Crippen LogP contribution in [-0.2, 0) is 6.54 Å². The number of hydrogen-bond acceptors (Lipinski definition) is 5. The van der Waals surface area contributed by atoms with Gasteiger partial charge in [-0.15, -0.1) is 0 Å². The molecule has 1 atom stereocenters. The number of aryl methyl sites for hydroxylation is 1. The molecule has 2 aromatic heterocycles. The summed E-state index contributed by atoms with van der Waals surface area (Å²) in [4.78, 5) is 16.0. The third kappa shape index (κ3) is 4.21. The molecule has 154 valence electrons. The van der Waals surface area contributed by atoms with E-state index >= 15 is 0 Å². The molecule has 7 nitrogen and oxygen atoms in total. The molecule has 0 aliphatic rings. The highest BCUT2D eigenvalue weighted by Gasteiger charge is 2.18. The molecule has 0 aliphatic carbocycles. The fraction of sp³-hybridized carbons (Fsp3) is 0.130. The fourth-order valence-corrected chi connectivity index (χ4v) is 3.61. The number of rotatable bonds is 6. The van der Waals surface area contributed by atoms with Crippen molar-refractivity contribution in [1.29, 1.82) is 5.26 Å². The summed E-state index contributed by atoms with van der Waals surface area (Å²) in [6.07, 6.45) is 4.85. The minimum absolute atomic E-state index is 0.131. The van der Waals surface area contributed by atoms with E-state index in [9.17, 15) is 19.6 Å². The Morgan fingerprint density at radius 1 is 1.19 bits per heavy atom. The number of H-pyrrole nitrogens is 1. The van der Waals surface area contributed by atoms with Crippen LogP contribution in [-0.4, -0.2) is 24.9 Å². The minimum atomic E-state index is -0.603. The van der Waals surface area contributed by atoms with Crippen LogP contribution in [0.25, 0.3) is 11.5 Å². The van der Waals surface area contributed by atoms with Crippen molar-refractivity contribution in [3.05, 3.63) is 99.9 Å². The molecule has 4 rings (SSSR count). The van der Waals surface area contributed by atoms with Crippen LogP contribution in [0.5, 0.6) is 5.75 Å². The monoisotopic (exact) mass is 415 g/mol. The number of nitriles is 1. The molecule has 2 heterocycles. The molecule has 2 N–H and O–H groups in total. The highest BCUT2D eigenvalue weighted by Crippen LogP contribution is 2.31. The van der Waals surface area contributed by atoms with Gasteiger partial charge in [0.25, 0.3) is 0 Å². The van der Waals surface area contributed by atoms with E-state index in [1.54, 1.807) is 41.2 Å². The predicted molar refractivity (Wildman–Crippen MR) is 112 cm³/mol. The number of imidazole rings is 1. The van der Waals surface area contributed by atoms with E-state index in [0.29, 0.717) is 24.4 Å². The van der Waals surface area contributed by atoms with Crippen molar-refractivity contribution < 1.29 is 9.50 Å². The van der Waals surface area contributed by atoms with Crippen LogP contribution >= 0.6 is 0 Å². The molecule has 0 radical (unpaired) electrons. The van der Waals surface area contributed by atoms with Crippen LogP contribution in [0.1, 0.15) is 29.0 Å². The average Bonchev–Trinajstić information content (AvgIpc) is 3.24. The zero-order valence-corrected chi connectivity index (χ0v) is 16.4. The maximum Gasteiger partial charge on any atom is 0.242 e. The number of halogens is 1. The third-order valence-corrected chi connectivity index (χ3v) is 5.10. The summed E-state index contributed by atoms with van der Waals surface area (Å²) in [5.74, 6) is -0.599. The summed E-state index contributed by atoms with van der Waals surface area (Å²) in [5, 5.41) is 25.7. The second-order valence-corrected chi connectivity index (χ2v) is 7.04. The number of aromatic hydroxyl groups is 1. The Hall–Kier alpha value is -4.25. The first-order chi connectivity index (χ1) is 15.1. The van der Waals surface area contributed by atoms with Crippen LogP contribution in [0.3, 0.4) is 0 Å². The van der Waals surface area contributed by atoms with Crippen molar-refractivity contribution >= 4 is 0 Å². The Balaban J connectivity index is 1.68. The summed E-state index contributed by atoms with van der Waals surface area (Å²) >= 11 is 0. The summed E-state index contributed by atoms with van der Waals surface area (Å²) in [6, 6.07) is 15.8. The van der Waals surface area contributed by atoms with Gasteiger partial charge >= 0.3 is 0 Å². The van der Waals surface area contributed by atoms with Gasteiger partial charge in [-0.2, -0.15) is 10.4 Å². The van der Waals surface area contributed by atoms with Gasteiger partial charge in [0.15, 0.2) is 11.6 Å². The first-order valence-electron chi connectivity index (χ1n) is 9.60. The number of nitrogens with one attached hydrogen (secondary N) is 1. The lowest BCUT2D eigenvalue weighted by atomic mass is 9.87. The van der Waals surface area contributed by atoms with E-state index in [1.807, 2.05) is 12.1 Å². The van der Waals surface area contributed by atoms with Gasteiger partial charge in [0.1, 0.15) is 11.5 Å². The Labute approximate surface area is 177 Å². The van der Waals surface area contributed by atoms with E-state index in [2.05, 4.69) is 21.3 Å². The van der Waals surface area contributed by atoms with Crippen LogP contribution < -0.4 is 5.43 Å². The normalized spacial score (nSPS) is 11.7. The standard InChI is InChI=1S/C23H18FN5O2/c24-18-6-2-5-17(12-18)19(16-4-1-3-15(11-16)13-25)7-9-29-10-8-26-23(29)21-22(31)20(30)14-27-28-21/h1-6,8,10-12,14,19H,7,9H2,(H,27,31)(H,28,30). The lowest BCUT2D eigenvalue weighted by molar-refractivity contribution is 0.466. The highest BCUT2D eigenvalue weighted by molar-refractivity contribution is 5.57. The van der Waals surface area contributed by atoms with E-state index in [4.69, 9.17) is 0 Å². The quantitative estimate of drug-likeness (QED) is 0.501. The lowest BCUT2D eigenvalue weighted by Gasteiger charge is -2.19. The van der Waals surface area contributed by atoms with Crippen molar-refractivity contribution in [2.24, 2.45) is 0 Å². The predicted octanol–water partition coefficient (Wildman–Crippen LogP) is 3.57. The van der Waals surface area contributed by atoms with Gasteiger partial charge in [-0.05, 0) is 41.8 Å². The molecule has 31 heavy (non-hydrogen) atoms. The molecule has 8 heteroatoms. The van der Waals surface area contributed by atoms with E-state index in [-0.39, 0.29) is 17.4 Å². The Morgan fingerprint density at radius 3 is 2.74 bits per heavy atom. The molecule has 0 saturated carbocycles. The number of hydrogen-bond donors (Lipinski definition) is 2. The maximum absolute atomic E-state index is 13.9. The van der Waals surface area contributed by atoms with Gasteiger partial charge in [0.2, 0.25) is 5.43 Å². The number of nitrogens with zero attached hydrogens (tertiary/aromatic N) is 4. The number of aromatic amines is 1. The molecule has 1 unspecified atom stereocenters. The van der Waals surface area contributed by atoms with Gasteiger partial charge in [-0.3, -0.25) is 9.89 Å². The van der Waals surface area contributed by atoms with E-state index in [0.717, 1.165) is 17.3 Å². The molecule has 0 aliphatic heterocycles. The van der Waals surface area contributed by atoms with Gasteiger partial charge in [0.05, 0.1) is 17.8 Å². The zero-order valence-electron chi connectivity index (χ0n) is 16.4. The molecule has 0 bridgehead atoms. The second-order valence-electron chi connectivity index (χ2n) is 7.04. The van der Waals surface area contributed by atoms with Gasteiger partial charge in [-0.25, -0.2) is 9.37 Å². The number of aromatic nitrogens is 4. The minimum Gasteiger partial charge on any atom is -0.503 e. The summed E-state index contributed by atoms with van der Waals surface area (Å²) in [6.45, 7) is 0.462. The lowest BCUT2D eigenvalue weighted by Crippen LogP contribution is -2.10.